The van der Waals surface area contributed by atoms with E-state index >= 15 is 0 Å². The molecule has 1 unspecified atom stereocenters. The molecule has 2 amide bonds. The molecule has 6 heteroatoms. The molecule has 0 bridgehead atoms. The Morgan fingerprint density at radius 1 is 1.50 bits per heavy atom. The van der Waals surface area contributed by atoms with Gasteiger partial charge in [-0.3, -0.25) is 14.5 Å². The monoisotopic (exact) mass is 330 g/mol. The molecule has 1 aromatic carbocycles. The average Bonchev–Trinajstić information content (AvgIpc) is 2.32. The van der Waals surface area contributed by atoms with Crippen LogP contribution in [-0.2, 0) is 9.59 Å². The molecule has 1 saturated heterocycles. The quantitative estimate of drug-likeness (QED) is 0.904. The summed E-state index contributed by atoms with van der Waals surface area (Å²) in [6.07, 6.45) is 0.565. The van der Waals surface area contributed by atoms with Crippen LogP contribution in [0.25, 0.3) is 0 Å². The highest BCUT2D eigenvalue weighted by Crippen LogP contribution is 2.30. The zero-order chi connectivity index (χ0) is 13.3. The first-order chi connectivity index (χ1) is 8.52. The smallest absolute Gasteiger partial charge is 0.250 e. The molecule has 2 rings (SSSR count). The molecule has 1 heterocycles. The van der Waals surface area contributed by atoms with Crippen LogP contribution in [0.15, 0.2) is 22.7 Å². The second-order valence-corrected chi connectivity index (χ2v) is 5.37. The molecule has 96 valence electrons. The van der Waals surface area contributed by atoms with Gasteiger partial charge < -0.3 is 5.32 Å². The van der Waals surface area contributed by atoms with Crippen molar-refractivity contribution >= 4 is 45.0 Å². The van der Waals surface area contributed by atoms with Crippen molar-refractivity contribution in [3.63, 3.8) is 0 Å². The lowest BCUT2D eigenvalue weighted by Crippen LogP contribution is -2.58. The van der Waals surface area contributed by atoms with Crippen LogP contribution in [0.1, 0.15) is 13.3 Å². The third kappa shape index (κ3) is 2.52. The Balaban J connectivity index is 2.36. The predicted octanol–water partition coefficient (Wildman–Crippen LogP) is 2.34. The van der Waals surface area contributed by atoms with Crippen LogP contribution < -0.4 is 10.2 Å². The molecule has 0 saturated carbocycles. The van der Waals surface area contributed by atoms with E-state index in [-0.39, 0.29) is 18.4 Å². The highest BCUT2D eigenvalue weighted by molar-refractivity contribution is 9.10. The van der Waals surface area contributed by atoms with E-state index in [0.29, 0.717) is 17.1 Å². The standard InChI is InChI=1S/C12H12BrClN2O2/c1-2-9-12(18)16(6-11(17)15-9)10-4-3-7(13)5-8(10)14/h3-5,9H,2,6H2,1H3,(H,15,17). The van der Waals surface area contributed by atoms with Gasteiger partial charge in [-0.25, -0.2) is 0 Å². The molecule has 4 nitrogen and oxygen atoms in total. The first kappa shape index (κ1) is 13.4. The first-order valence-electron chi connectivity index (χ1n) is 5.58. The number of piperazine rings is 1. The Morgan fingerprint density at radius 2 is 2.22 bits per heavy atom. The van der Waals surface area contributed by atoms with Gasteiger partial charge in [0.05, 0.1) is 10.7 Å². The van der Waals surface area contributed by atoms with Crippen molar-refractivity contribution < 1.29 is 9.59 Å². The lowest BCUT2D eigenvalue weighted by atomic mass is 10.1. The van der Waals surface area contributed by atoms with Gasteiger partial charge in [0, 0.05) is 4.47 Å². The molecule has 1 fully saturated rings. The third-order valence-electron chi connectivity index (χ3n) is 2.81. The van der Waals surface area contributed by atoms with Crippen LogP contribution >= 0.6 is 27.5 Å². The summed E-state index contributed by atoms with van der Waals surface area (Å²) < 4.78 is 0.831. The van der Waals surface area contributed by atoms with Crippen molar-refractivity contribution in [3.05, 3.63) is 27.7 Å². The Labute approximate surface area is 118 Å². The maximum absolute atomic E-state index is 12.2. The minimum absolute atomic E-state index is 0.0106. The second kappa shape index (κ2) is 5.28. The van der Waals surface area contributed by atoms with Gasteiger partial charge in [0.1, 0.15) is 12.6 Å². The van der Waals surface area contributed by atoms with Gasteiger partial charge in [-0.05, 0) is 24.6 Å². The van der Waals surface area contributed by atoms with Crippen molar-refractivity contribution in [2.24, 2.45) is 0 Å². The minimum atomic E-state index is -0.467. The van der Waals surface area contributed by atoms with Crippen molar-refractivity contribution in [1.29, 1.82) is 0 Å². The van der Waals surface area contributed by atoms with Gasteiger partial charge in [-0.2, -0.15) is 0 Å². The Kier molecular flexibility index (Phi) is 3.92. The van der Waals surface area contributed by atoms with E-state index in [9.17, 15) is 9.59 Å². The summed E-state index contributed by atoms with van der Waals surface area (Å²) in [4.78, 5) is 25.2. The second-order valence-electron chi connectivity index (χ2n) is 4.05. The Hall–Kier alpha value is -1.07. The fraction of sp³-hybridized carbons (Fsp3) is 0.333. The van der Waals surface area contributed by atoms with Gasteiger partial charge in [-0.1, -0.05) is 34.5 Å². The summed E-state index contributed by atoms with van der Waals surface area (Å²) in [5.74, 6) is -0.290. The maximum atomic E-state index is 12.2. The van der Waals surface area contributed by atoms with E-state index in [1.54, 1.807) is 18.2 Å². The lowest BCUT2D eigenvalue weighted by molar-refractivity contribution is -0.131. The van der Waals surface area contributed by atoms with E-state index in [2.05, 4.69) is 21.2 Å². The number of benzene rings is 1. The maximum Gasteiger partial charge on any atom is 0.250 e. The van der Waals surface area contributed by atoms with Gasteiger partial charge in [-0.15, -0.1) is 0 Å². The number of carbonyl (C=O) groups is 2. The molecule has 0 radical (unpaired) electrons. The molecule has 1 atom stereocenters. The molecule has 1 aromatic rings. The molecular formula is C12H12BrClN2O2. The van der Waals surface area contributed by atoms with Gasteiger partial charge in [0.15, 0.2) is 0 Å². The van der Waals surface area contributed by atoms with Crippen LogP contribution in [0.5, 0.6) is 0 Å². The highest BCUT2D eigenvalue weighted by atomic mass is 79.9. The molecule has 1 aliphatic rings. The molecule has 1 aliphatic heterocycles. The number of hydrogen-bond acceptors (Lipinski definition) is 2. The van der Waals surface area contributed by atoms with Crippen LogP contribution in [0.3, 0.4) is 0 Å². The van der Waals surface area contributed by atoms with Gasteiger partial charge in [0.2, 0.25) is 11.8 Å². The Bertz CT molecular complexity index is 507. The van der Waals surface area contributed by atoms with E-state index < -0.39 is 6.04 Å². The molecule has 0 aromatic heterocycles. The van der Waals surface area contributed by atoms with Crippen LogP contribution in [0.4, 0.5) is 5.69 Å². The summed E-state index contributed by atoms with van der Waals surface area (Å²) in [7, 11) is 0. The molecule has 18 heavy (non-hydrogen) atoms. The summed E-state index contributed by atoms with van der Waals surface area (Å²) in [5, 5.41) is 3.11. The van der Waals surface area contributed by atoms with E-state index in [0.717, 1.165) is 4.47 Å². The molecule has 0 aliphatic carbocycles. The normalized spacial score (nSPS) is 19.9. The number of nitrogens with one attached hydrogen (secondary N) is 1. The topological polar surface area (TPSA) is 49.4 Å². The SMILES string of the molecule is CCC1NC(=O)CN(c2ccc(Br)cc2Cl)C1=O. The number of rotatable bonds is 2. The van der Waals surface area contributed by atoms with Crippen LogP contribution in [-0.4, -0.2) is 24.4 Å². The molecule has 0 spiro atoms. The van der Waals surface area contributed by atoms with Crippen LogP contribution in [0.2, 0.25) is 5.02 Å². The largest absolute Gasteiger partial charge is 0.343 e. The minimum Gasteiger partial charge on any atom is -0.343 e. The van der Waals surface area contributed by atoms with Crippen molar-refractivity contribution in [2.45, 2.75) is 19.4 Å². The first-order valence-corrected chi connectivity index (χ1v) is 6.75. The van der Waals surface area contributed by atoms with Crippen molar-refractivity contribution in [1.82, 2.24) is 5.32 Å². The fourth-order valence-electron chi connectivity index (χ4n) is 1.89. The Morgan fingerprint density at radius 3 is 2.83 bits per heavy atom. The average molecular weight is 332 g/mol. The van der Waals surface area contributed by atoms with E-state index in [1.165, 1.54) is 4.90 Å². The number of halogens is 2. The lowest BCUT2D eigenvalue weighted by Gasteiger charge is -2.32. The zero-order valence-electron chi connectivity index (χ0n) is 9.74. The predicted molar refractivity (Wildman–Crippen MR) is 73.7 cm³/mol. The van der Waals surface area contributed by atoms with E-state index in [4.69, 9.17) is 11.6 Å². The van der Waals surface area contributed by atoms with Gasteiger partial charge in [0.25, 0.3) is 0 Å². The summed E-state index contributed by atoms with van der Waals surface area (Å²) in [6.45, 7) is 1.87. The summed E-state index contributed by atoms with van der Waals surface area (Å²) in [5.41, 5.74) is 0.568. The number of carbonyl (C=O) groups excluding carboxylic acids is 2. The van der Waals surface area contributed by atoms with Crippen molar-refractivity contribution in [2.75, 3.05) is 11.4 Å². The van der Waals surface area contributed by atoms with Crippen molar-refractivity contribution in [3.8, 4) is 0 Å². The zero-order valence-corrected chi connectivity index (χ0v) is 12.1. The third-order valence-corrected chi connectivity index (χ3v) is 3.61. The fourth-order valence-corrected chi connectivity index (χ4v) is 2.67. The van der Waals surface area contributed by atoms with Gasteiger partial charge >= 0.3 is 0 Å². The molecular weight excluding hydrogens is 320 g/mol. The number of hydrogen-bond donors (Lipinski definition) is 1. The van der Waals surface area contributed by atoms with Crippen LogP contribution in [0, 0.1) is 0 Å². The summed E-state index contributed by atoms with van der Waals surface area (Å²) in [6, 6.07) is 4.76. The molecule has 1 N–H and O–H groups in total. The number of amides is 2. The van der Waals surface area contributed by atoms with E-state index in [1.807, 2.05) is 6.92 Å². The highest BCUT2D eigenvalue weighted by Gasteiger charge is 2.33. The number of nitrogens with zero attached hydrogens (tertiary/aromatic N) is 1. The summed E-state index contributed by atoms with van der Waals surface area (Å²) >= 11 is 9.42. The number of anilines is 1.